The summed E-state index contributed by atoms with van der Waals surface area (Å²) in [4.78, 5) is 0. The van der Waals surface area contributed by atoms with Crippen LogP contribution in [0.1, 0.15) is 82.5 Å². The maximum absolute atomic E-state index is 4.54. The number of aromatic nitrogens is 3. The van der Waals surface area contributed by atoms with Gasteiger partial charge in [-0.2, -0.15) is 0 Å². The van der Waals surface area contributed by atoms with Gasteiger partial charge in [0, 0.05) is 13.0 Å². The first kappa shape index (κ1) is 14.5. The molecule has 0 N–H and O–H groups in total. The van der Waals surface area contributed by atoms with Crippen LogP contribution in [0.4, 0.5) is 0 Å². The zero-order valence-electron chi connectivity index (χ0n) is 12.9. The van der Waals surface area contributed by atoms with Crippen LogP contribution in [0.2, 0.25) is 0 Å². The molecule has 0 fully saturated rings. The van der Waals surface area contributed by atoms with Gasteiger partial charge in [-0.1, -0.05) is 57.6 Å². The summed E-state index contributed by atoms with van der Waals surface area (Å²) in [6.07, 6.45) is 11.8. The molecule has 1 aliphatic carbocycles. The minimum absolute atomic E-state index is 0.656. The molecule has 0 radical (unpaired) electrons. The third-order valence-electron chi connectivity index (χ3n) is 4.64. The molecule has 3 heteroatoms. The van der Waals surface area contributed by atoms with E-state index in [1.165, 1.54) is 69.2 Å². The first-order chi connectivity index (χ1) is 9.27. The second-order valence-electron chi connectivity index (χ2n) is 6.09. The SMILES string of the molecule is CCCC(CCC)C1CCCCCc2c1nnn2C. The number of hydrogen-bond acceptors (Lipinski definition) is 2. The van der Waals surface area contributed by atoms with Gasteiger partial charge in [0.1, 0.15) is 0 Å². The molecule has 0 amide bonds. The molecule has 1 atom stereocenters. The standard InChI is InChI=1S/C16H29N3/c1-4-9-13(10-5-2)14-11-7-6-8-12-15-16(14)17-18-19(15)3/h13-14H,4-12H2,1-3H3. The molecule has 1 aromatic rings. The average molecular weight is 263 g/mol. The normalized spacial score (nSPS) is 20.1. The fourth-order valence-corrected chi connectivity index (χ4v) is 3.69. The van der Waals surface area contributed by atoms with Gasteiger partial charge >= 0.3 is 0 Å². The van der Waals surface area contributed by atoms with Crippen LogP contribution < -0.4 is 0 Å². The molecule has 0 aliphatic heterocycles. The van der Waals surface area contributed by atoms with Crippen molar-refractivity contribution in [1.82, 2.24) is 15.0 Å². The maximum Gasteiger partial charge on any atom is 0.0892 e. The molecular weight excluding hydrogens is 234 g/mol. The van der Waals surface area contributed by atoms with E-state index in [9.17, 15) is 0 Å². The molecule has 0 saturated carbocycles. The number of hydrogen-bond donors (Lipinski definition) is 0. The van der Waals surface area contributed by atoms with E-state index in [0.29, 0.717) is 5.92 Å². The highest BCUT2D eigenvalue weighted by Gasteiger charge is 2.28. The molecule has 0 saturated heterocycles. The van der Waals surface area contributed by atoms with Crippen LogP contribution in [0, 0.1) is 5.92 Å². The van der Waals surface area contributed by atoms with Crippen LogP contribution in [-0.2, 0) is 13.5 Å². The Morgan fingerprint density at radius 1 is 1.16 bits per heavy atom. The predicted molar refractivity (Wildman–Crippen MR) is 79.2 cm³/mol. The van der Waals surface area contributed by atoms with Crippen LogP contribution >= 0.6 is 0 Å². The monoisotopic (exact) mass is 263 g/mol. The van der Waals surface area contributed by atoms with E-state index in [1.807, 2.05) is 4.68 Å². The zero-order valence-corrected chi connectivity index (χ0v) is 12.9. The summed E-state index contributed by atoms with van der Waals surface area (Å²) in [6.45, 7) is 4.62. The zero-order chi connectivity index (χ0) is 13.7. The summed E-state index contributed by atoms with van der Waals surface area (Å²) in [6, 6.07) is 0. The van der Waals surface area contributed by atoms with Gasteiger partial charge < -0.3 is 0 Å². The van der Waals surface area contributed by atoms with Gasteiger partial charge in [-0.15, -0.1) is 5.10 Å². The van der Waals surface area contributed by atoms with Crippen molar-refractivity contribution in [3.8, 4) is 0 Å². The Labute approximate surface area is 117 Å². The Morgan fingerprint density at radius 2 is 1.89 bits per heavy atom. The van der Waals surface area contributed by atoms with Gasteiger partial charge in [-0.05, 0) is 25.2 Å². The molecule has 0 aromatic carbocycles. The lowest BCUT2D eigenvalue weighted by Crippen LogP contribution is -2.17. The van der Waals surface area contributed by atoms with Crippen molar-refractivity contribution < 1.29 is 0 Å². The molecule has 1 aliphatic rings. The van der Waals surface area contributed by atoms with Gasteiger partial charge in [0.2, 0.25) is 0 Å². The summed E-state index contributed by atoms with van der Waals surface area (Å²) in [5, 5.41) is 8.84. The van der Waals surface area contributed by atoms with E-state index in [0.717, 1.165) is 5.92 Å². The molecule has 19 heavy (non-hydrogen) atoms. The molecule has 108 valence electrons. The Morgan fingerprint density at radius 3 is 2.58 bits per heavy atom. The molecule has 0 bridgehead atoms. The van der Waals surface area contributed by atoms with Gasteiger partial charge in [0.05, 0.1) is 11.4 Å². The fraction of sp³-hybridized carbons (Fsp3) is 0.875. The summed E-state index contributed by atoms with van der Waals surface area (Å²) in [5.41, 5.74) is 2.73. The van der Waals surface area contributed by atoms with Crippen molar-refractivity contribution in [2.45, 2.75) is 77.6 Å². The highest BCUT2D eigenvalue weighted by molar-refractivity contribution is 5.17. The molecule has 1 aromatic heterocycles. The summed E-state index contributed by atoms with van der Waals surface area (Å²) in [5.74, 6) is 1.47. The van der Waals surface area contributed by atoms with E-state index >= 15 is 0 Å². The van der Waals surface area contributed by atoms with Crippen molar-refractivity contribution in [3.05, 3.63) is 11.4 Å². The molecular formula is C16H29N3. The van der Waals surface area contributed by atoms with Crippen LogP contribution in [0.5, 0.6) is 0 Å². The lowest BCUT2D eigenvalue weighted by atomic mass is 9.78. The Kier molecular flexibility index (Phi) is 5.41. The quantitative estimate of drug-likeness (QED) is 0.796. The third-order valence-corrected chi connectivity index (χ3v) is 4.64. The third kappa shape index (κ3) is 3.37. The van der Waals surface area contributed by atoms with Crippen LogP contribution in [0.15, 0.2) is 0 Å². The van der Waals surface area contributed by atoms with E-state index < -0.39 is 0 Å². The molecule has 0 spiro atoms. The van der Waals surface area contributed by atoms with Gasteiger partial charge in [-0.3, -0.25) is 4.68 Å². The van der Waals surface area contributed by atoms with Crippen molar-refractivity contribution >= 4 is 0 Å². The van der Waals surface area contributed by atoms with E-state index in [1.54, 1.807) is 0 Å². The highest BCUT2D eigenvalue weighted by Crippen LogP contribution is 2.38. The van der Waals surface area contributed by atoms with Crippen molar-refractivity contribution in [2.75, 3.05) is 0 Å². The summed E-state index contributed by atoms with van der Waals surface area (Å²) in [7, 11) is 2.05. The maximum atomic E-state index is 4.54. The molecule has 1 heterocycles. The van der Waals surface area contributed by atoms with Gasteiger partial charge in [0.15, 0.2) is 0 Å². The Hall–Kier alpha value is -0.860. The number of fused-ring (bicyclic) bond motifs is 1. The Bertz CT molecular complexity index is 377. The van der Waals surface area contributed by atoms with Crippen LogP contribution in [0.25, 0.3) is 0 Å². The van der Waals surface area contributed by atoms with Crippen molar-refractivity contribution in [2.24, 2.45) is 13.0 Å². The largest absolute Gasteiger partial charge is 0.252 e. The van der Waals surface area contributed by atoms with Crippen LogP contribution in [0.3, 0.4) is 0 Å². The molecule has 3 nitrogen and oxygen atoms in total. The first-order valence-corrected chi connectivity index (χ1v) is 8.16. The van der Waals surface area contributed by atoms with Crippen molar-refractivity contribution in [3.63, 3.8) is 0 Å². The lowest BCUT2D eigenvalue weighted by Gasteiger charge is -2.27. The number of rotatable bonds is 5. The smallest absolute Gasteiger partial charge is 0.0892 e. The first-order valence-electron chi connectivity index (χ1n) is 8.16. The van der Waals surface area contributed by atoms with E-state index in [4.69, 9.17) is 0 Å². The van der Waals surface area contributed by atoms with Gasteiger partial charge in [0.25, 0.3) is 0 Å². The number of nitrogens with zero attached hydrogens (tertiary/aromatic N) is 3. The molecule has 2 rings (SSSR count). The summed E-state index contributed by atoms with van der Waals surface area (Å²) >= 11 is 0. The van der Waals surface area contributed by atoms with E-state index in [2.05, 4.69) is 31.2 Å². The second-order valence-corrected chi connectivity index (χ2v) is 6.09. The second kappa shape index (κ2) is 7.06. The summed E-state index contributed by atoms with van der Waals surface area (Å²) < 4.78 is 2.02. The molecule has 1 unspecified atom stereocenters. The average Bonchev–Trinajstić information content (AvgIpc) is 2.70. The topological polar surface area (TPSA) is 30.7 Å². The predicted octanol–water partition coefficient (Wildman–Crippen LogP) is 4.23. The minimum atomic E-state index is 0.656. The van der Waals surface area contributed by atoms with Crippen LogP contribution in [-0.4, -0.2) is 15.0 Å². The lowest BCUT2D eigenvalue weighted by molar-refractivity contribution is 0.328. The minimum Gasteiger partial charge on any atom is -0.252 e. The van der Waals surface area contributed by atoms with Gasteiger partial charge in [-0.25, -0.2) is 0 Å². The van der Waals surface area contributed by atoms with E-state index in [-0.39, 0.29) is 0 Å². The highest BCUT2D eigenvalue weighted by atomic mass is 15.4. The fourth-order valence-electron chi connectivity index (χ4n) is 3.69. The Balaban J connectivity index is 2.26. The van der Waals surface area contributed by atoms with Crippen molar-refractivity contribution in [1.29, 1.82) is 0 Å². The number of aryl methyl sites for hydroxylation is 1.